The Hall–Kier alpha value is -1.09. The zero-order valence-corrected chi connectivity index (χ0v) is 6.77. The van der Waals surface area contributed by atoms with E-state index < -0.39 is 0 Å². The Morgan fingerprint density at radius 1 is 1.58 bits per heavy atom. The lowest BCUT2D eigenvalue weighted by Crippen LogP contribution is -2.12. The van der Waals surface area contributed by atoms with Gasteiger partial charge in [-0.3, -0.25) is 4.98 Å². The number of hydrogen-bond acceptors (Lipinski definition) is 3. The molecule has 2 rings (SSSR count). The van der Waals surface area contributed by atoms with Gasteiger partial charge in [0, 0.05) is 17.8 Å². The fraction of sp³-hybridized carbons (Fsp3) is 0.444. The molecule has 1 fully saturated rings. The van der Waals surface area contributed by atoms with Gasteiger partial charge in [-0.1, -0.05) is 0 Å². The normalized spacial score (nSPS) is 19.1. The lowest BCUT2D eigenvalue weighted by Gasteiger charge is -2.11. The maximum absolute atomic E-state index is 9.42. The summed E-state index contributed by atoms with van der Waals surface area (Å²) in [5.74, 6) is 0.787. The van der Waals surface area contributed by atoms with Crippen LogP contribution >= 0.6 is 0 Å². The molecule has 0 radical (unpaired) electrons. The second kappa shape index (κ2) is 2.75. The largest absolute Gasteiger partial charge is 0.506 e. The fourth-order valence-electron chi connectivity index (χ4n) is 1.39. The summed E-state index contributed by atoms with van der Waals surface area (Å²) in [6, 6.07) is 1.78. The predicted molar refractivity (Wildman–Crippen MR) is 45.6 cm³/mol. The molecule has 3 nitrogen and oxygen atoms in total. The molecule has 0 bridgehead atoms. The van der Waals surface area contributed by atoms with Crippen LogP contribution in [0.1, 0.15) is 24.4 Å². The second-order valence-corrected chi connectivity index (χ2v) is 3.30. The number of nitrogens with two attached hydrogens (primary N) is 1. The Balaban J connectivity index is 2.25. The van der Waals surface area contributed by atoms with Gasteiger partial charge in [-0.25, -0.2) is 0 Å². The van der Waals surface area contributed by atoms with Crippen molar-refractivity contribution >= 4 is 0 Å². The van der Waals surface area contributed by atoms with Crippen molar-refractivity contribution in [2.45, 2.75) is 18.9 Å². The summed E-state index contributed by atoms with van der Waals surface area (Å²) >= 11 is 0. The van der Waals surface area contributed by atoms with Crippen LogP contribution in [0.2, 0.25) is 0 Å². The quantitative estimate of drug-likeness (QED) is 0.690. The van der Waals surface area contributed by atoms with Crippen molar-refractivity contribution in [3.05, 3.63) is 24.0 Å². The van der Waals surface area contributed by atoms with Crippen LogP contribution in [0.3, 0.4) is 0 Å². The van der Waals surface area contributed by atoms with Crippen LogP contribution in [0.25, 0.3) is 0 Å². The van der Waals surface area contributed by atoms with Gasteiger partial charge in [-0.2, -0.15) is 0 Å². The maximum atomic E-state index is 9.42. The number of pyridine rings is 1. The van der Waals surface area contributed by atoms with Gasteiger partial charge in [0.25, 0.3) is 0 Å². The first-order valence-corrected chi connectivity index (χ1v) is 4.17. The van der Waals surface area contributed by atoms with E-state index in [1.54, 1.807) is 12.3 Å². The second-order valence-electron chi connectivity index (χ2n) is 3.30. The molecule has 1 saturated carbocycles. The summed E-state index contributed by atoms with van der Waals surface area (Å²) in [6.45, 7) is 0. The monoisotopic (exact) mass is 164 g/mol. The number of aromatic hydroxyl groups is 1. The van der Waals surface area contributed by atoms with E-state index in [1.807, 2.05) is 0 Å². The van der Waals surface area contributed by atoms with Crippen molar-refractivity contribution in [1.82, 2.24) is 4.98 Å². The van der Waals surface area contributed by atoms with Gasteiger partial charge in [-0.05, 0) is 24.8 Å². The van der Waals surface area contributed by atoms with Crippen LogP contribution < -0.4 is 5.73 Å². The summed E-state index contributed by atoms with van der Waals surface area (Å²) in [7, 11) is 0. The minimum Gasteiger partial charge on any atom is -0.506 e. The molecule has 1 aliphatic carbocycles. The zero-order chi connectivity index (χ0) is 8.55. The van der Waals surface area contributed by atoms with E-state index in [-0.39, 0.29) is 11.8 Å². The highest BCUT2D eigenvalue weighted by Gasteiger charge is 2.30. The van der Waals surface area contributed by atoms with Crippen LogP contribution in [-0.2, 0) is 0 Å². The van der Waals surface area contributed by atoms with Crippen molar-refractivity contribution in [3.8, 4) is 5.75 Å². The molecule has 1 aromatic rings. The average Bonchev–Trinajstić information content (AvgIpc) is 2.86. The van der Waals surface area contributed by atoms with Gasteiger partial charge in [0.2, 0.25) is 0 Å². The molecule has 0 aliphatic heterocycles. The Bertz CT molecular complexity index is 284. The Morgan fingerprint density at radius 3 is 2.92 bits per heavy atom. The zero-order valence-electron chi connectivity index (χ0n) is 6.77. The van der Waals surface area contributed by atoms with Crippen LogP contribution in [0.5, 0.6) is 5.75 Å². The van der Waals surface area contributed by atoms with E-state index in [4.69, 9.17) is 5.73 Å². The van der Waals surface area contributed by atoms with E-state index in [0.29, 0.717) is 5.92 Å². The summed E-state index contributed by atoms with van der Waals surface area (Å²) in [5, 5.41) is 9.42. The van der Waals surface area contributed by atoms with Crippen molar-refractivity contribution in [3.63, 3.8) is 0 Å². The third-order valence-electron chi connectivity index (χ3n) is 2.32. The molecule has 0 aromatic carbocycles. The highest BCUT2D eigenvalue weighted by molar-refractivity contribution is 5.32. The molecule has 0 amide bonds. The van der Waals surface area contributed by atoms with Gasteiger partial charge in [0.1, 0.15) is 5.75 Å². The average molecular weight is 164 g/mol. The first-order chi connectivity index (χ1) is 5.79. The Labute approximate surface area is 71.2 Å². The molecule has 0 unspecified atom stereocenters. The molecular formula is C9H12N2O. The predicted octanol–water partition coefficient (Wildman–Crippen LogP) is 1.20. The highest BCUT2D eigenvalue weighted by Crippen LogP contribution is 2.41. The van der Waals surface area contributed by atoms with Crippen LogP contribution in [0.4, 0.5) is 0 Å². The molecule has 1 atom stereocenters. The molecule has 3 heteroatoms. The fourth-order valence-corrected chi connectivity index (χ4v) is 1.39. The van der Waals surface area contributed by atoms with Crippen molar-refractivity contribution in [1.29, 1.82) is 0 Å². The van der Waals surface area contributed by atoms with Gasteiger partial charge in [0.05, 0.1) is 6.20 Å². The molecule has 1 aliphatic rings. The standard InChI is InChI=1S/C9H12N2O/c10-9(6-1-2-6)7-3-4-11-5-8(7)12/h3-6,9,12H,1-2,10H2/t9-/m0/s1. The third kappa shape index (κ3) is 1.28. The number of hydrogen-bond donors (Lipinski definition) is 2. The summed E-state index contributed by atoms with van der Waals surface area (Å²) < 4.78 is 0. The van der Waals surface area contributed by atoms with Crippen molar-refractivity contribution < 1.29 is 5.11 Å². The summed E-state index contributed by atoms with van der Waals surface area (Å²) in [6.07, 6.45) is 5.47. The first kappa shape index (κ1) is 7.55. The number of aromatic nitrogens is 1. The van der Waals surface area contributed by atoms with E-state index in [1.165, 1.54) is 19.0 Å². The third-order valence-corrected chi connectivity index (χ3v) is 2.32. The summed E-state index contributed by atoms with van der Waals surface area (Å²) in [4.78, 5) is 3.80. The molecule has 1 aromatic heterocycles. The molecule has 0 spiro atoms. The molecular weight excluding hydrogens is 152 g/mol. The van der Waals surface area contributed by atoms with Gasteiger partial charge in [0.15, 0.2) is 0 Å². The molecule has 1 heterocycles. The van der Waals surface area contributed by atoms with Crippen molar-refractivity contribution in [2.24, 2.45) is 11.7 Å². The van der Waals surface area contributed by atoms with Crippen molar-refractivity contribution in [2.75, 3.05) is 0 Å². The highest BCUT2D eigenvalue weighted by atomic mass is 16.3. The Morgan fingerprint density at radius 2 is 2.33 bits per heavy atom. The minimum absolute atomic E-state index is 0.00648. The van der Waals surface area contributed by atoms with Gasteiger partial charge < -0.3 is 10.8 Å². The van der Waals surface area contributed by atoms with Crippen LogP contribution in [0.15, 0.2) is 18.5 Å². The van der Waals surface area contributed by atoms with E-state index in [0.717, 1.165) is 5.56 Å². The SMILES string of the molecule is N[C@H](c1ccncc1O)C1CC1. The molecule has 0 saturated heterocycles. The van der Waals surface area contributed by atoms with E-state index in [9.17, 15) is 5.11 Å². The lowest BCUT2D eigenvalue weighted by atomic mass is 10.0. The summed E-state index contributed by atoms with van der Waals surface area (Å²) in [5.41, 5.74) is 6.74. The lowest BCUT2D eigenvalue weighted by molar-refractivity contribution is 0.453. The topological polar surface area (TPSA) is 59.1 Å². The van der Waals surface area contributed by atoms with Crippen LogP contribution in [0, 0.1) is 5.92 Å². The first-order valence-electron chi connectivity index (χ1n) is 4.17. The Kier molecular flexibility index (Phi) is 1.73. The van der Waals surface area contributed by atoms with E-state index >= 15 is 0 Å². The maximum Gasteiger partial charge on any atom is 0.138 e. The van der Waals surface area contributed by atoms with Gasteiger partial charge >= 0.3 is 0 Å². The smallest absolute Gasteiger partial charge is 0.138 e. The number of rotatable bonds is 2. The molecule has 3 N–H and O–H groups in total. The van der Waals surface area contributed by atoms with Gasteiger partial charge in [-0.15, -0.1) is 0 Å². The van der Waals surface area contributed by atoms with E-state index in [2.05, 4.69) is 4.98 Å². The molecule has 12 heavy (non-hydrogen) atoms. The van der Waals surface area contributed by atoms with Crippen LogP contribution in [-0.4, -0.2) is 10.1 Å². The molecule has 64 valence electrons. The minimum atomic E-state index is -0.00648. The number of nitrogens with zero attached hydrogens (tertiary/aromatic N) is 1.